The van der Waals surface area contributed by atoms with E-state index in [4.69, 9.17) is 0 Å². The standard InChI is InChI=1S/C21H20N6O4S2/c1-15-12-13-22-21(23-15)26-32(28,29)19-10-8-17(9-11-19)25-33(30,31)20-14-27(24-16(20)2)18-6-4-3-5-7-18/h3-14,25H,1-2H3,(H,22,23,26). The van der Waals surface area contributed by atoms with Gasteiger partial charge in [-0.05, 0) is 56.3 Å². The van der Waals surface area contributed by atoms with Gasteiger partial charge in [-0.3, -0.25) is 4.72 Å². The van der Waals surface area contributed by atoms with Crippen LogP contribution >= 0.6 is 0 Å². The number of para-hydroxylation sites is 1. The zero-order valence-corrected chi connectivity index (χ0v) is 19.3. The Morgan fingerprint density at radius 3 is 2.18 bits per heavy atom. The van der Waals surface area contributed by atoms with E-state index in [1.54, 1.807) is 19.9 Å². The second kappa shape index (κ2) is 8.64. The molecule has 2 aromatic carbocycles. The van der Waals surface area contributed by atoms with Crippen LogP contribution in [-0.2, 0) is 20.0 Å². The van der Waals surface area contributed by atoms with Gasteiger partial charge in [-0.25, -0.2) is 36.2 Å². The van der Waals surface area contributed by atoms with Gasteiger partial charge in [-0.15, -0.1) is 0 Å². The molecule has 2 N–H and O–H groups in total. The number of rotatable bonds is 7. The van der Waals surface area contributed by atoms with E-state index >= 15 is 0 Å². The molecule has 0 bridgehead atoms. The van der Waals surface area contributed by atoms with Gasteiger partial charge in [0.25, 0.3) is 20.0 Å². The summed E-state index contributed by atoms with van der Waals surface area (Å²) >= 11 is 0. The van der Waals surface area contributed by atoms with Crippen LogP contribution in [0, 0.1) is 13.8 Å². The number of hydrogen-bond acceptors (Lipinski definition) is 7. The number of nitrogens with zero attached hydrogens (tertiary/aromatic N) is 4. The summed E-state index contributed by atoms with van der Waals surface area (Å²) in [7, 11) is -7.89. The summed E-state index contributed by atoms with van der Waals surface area (Å²) in [5.74, 6) is -0.0503. The number of nitrogens with one attached hydrogen (secondary N) is 2. The van der Waals surface area contributed by atoms with E-state index < -0.39 is 20.0 Å². The molecule has 0 atom stereocenters. The van der Waals surface area contributed by atoms with E-state index in [1.807, 2.05) is 30.3 Å². The first kappa shape index (κ1) is 22.4. The average Bonchev–Trinajstić information content (AvgIpc) is 3.17. The van der Waals surface area contributed by atoms with Crippen molar-refractivity contribution < 1.29 is 16.8 Å². The van der Waals surface area contributed by atoms with Crippen LogP contribution in [0.15, 0.2) is 82.8 Å². The fraction of sp³-hybridized carbons (Fsp3) is 0.0952. The lowest BCUT2D eigenvalue weighted by Crippen LogP contribution is -2.16. The van der Waals surface area contributed by atoms with Gasteiger partial charge in [0.05, 0.1) is 22.5 Å². The lowest BCUT2D eigenvalue weighted by atomic mass is 10.3. The Balaban J connectivity index is 1.53. The van der Waals surface area contributed by atoms with E-state index in [0.29, 0.717) is 11.4 Å². The molecule has 0 saturated heterocycles. The maximum atomic E-state index is 12.9. The third-order valence-electron chi connectivity index (χ3n) is 4.60. The third-order valence-corrected chi connectivity index (χ3v) is 7.43. The lowest BCUT2D eigenvalue weighted by molar-refractivity contribution is 0.599. The summed E-state index contributed by atoms with van der Waals surface area (Å²) in [6.07, 6.45) is 2.87. The predicted octanol–water partition coefficient (Wildman–Crippen LogP) is 2.88. The van der Waals surface area contributed by atoms with Crippen LogP contribution in [0.4, 0.5) is 11.6 Å². The minimum atomic E-state index is -3.95. The molecule has 2 heterocycles. The number of aromatic nitrogens is 4. The van der Waals surface area contributed by atoms with Gasteiger partial charge in [0, 0.05) is 17.6 Å². The van der Waals surface area contributed by atoms with E-state index in [9.17, 15) is 16.8 Å². The van der Waals surface area contributed by atoms with E-state index in [0.717, 1.165) is 5.69 Å². The summed E-state index contributed by atoms with van der Waals surface area (Å²) in [6, 6.07) is 16.1. The molecule has 0 radical (unpaired) electrons. The second-order valence-electron chi connectivity index (χ2n) is 7.12. The number of benzene rings is 2. The van der Waals surface area contributed by atoms with Crippen LogP contribution < -0.4 is 9.44 Å². The molecule has 0 unspecified atom stereocenters. The molecule has 0 aliphatic heterocycles. The topological polar surface area (TPSA) is 136 Å². The molecular formula is C21H20N6O4S2. The van der Waals surface area contributed by atoms with Crippen molar-refractivity contribution in [2.24, 2.45) is 0 Å². The maximum absolute atomic E-state index is 12.9. The van der Waals surface area contributed by atoms with E-state index in [1.165, 1.54) is 41.3 Å². The fourth-order valence-electron chi connectivity index (χ4n) is 3.01. The molecule has 0 saturated carbocycles. The van der Waals surface area contributed by atoms with E-state index in [-0.39, 0.29) is 21.4 Å². The first-order chi connectivity index (χ1) is 15.6. The van der Waals surface area contributed by atoms with Crippen molar-refractivity contribution in [2.45, 2.75) is 23.6 Å². The number of aryl methyl sites for hydroxylation is 2. The summed E-state index contributed by atoms with van der Waals surface area (Å²) in [4.78, 5) is 7.84. The summed E-state index contributed by atoms with van der Waals surface area (Å²) in [5, 5.41) is 4.28. The van der Waals surface area contributed by atoms with Crippen LogP contribution in [0.5, 0.6) is 0 Å². The lowest BCUT2D eigenvalue weighted by Gasteiger charge is -2.09. The number of anilines is 2. The van der Waals surface area contributed by atoms with Gasteiger partial charge in [-0.1, -0.05) is 18.2 Å². The van der Waals surface area contributed by atoms with Crippen molar-refractivity contribution in [3.63, 3.8) is 0 Å². The molecule has 0 aliphatic carbocycles. The van der Waals surface area contributed by atoms with Crippen molar-refractivity contribution in [1.29, 1.82) is 0 Å². The van der Waals surface area contributed by atoms with Gasteiger partial charge < -0.3 is 0 Å². The minimum absolute atomic E-state index is 0.0151. The largest absolute Gasteiger partial charge is 0.280 e. The molecule has 0 amide bonds. The van der Waals surface area contributed by atoms with Gasteiger partial charge in [-0.2, -0.15) is 5.10 Å². The summed E-state index contributed by atoms with van der Waals surface area (Å²) < 4.78 is 57.2. The fourth-order valence-corrected chi connectivity index (χ4v) is 5.19. The van der Waals surface area contributed by atoms with Crippen LogP contribution in [0.2, 0.25) is 0 Å². The first-order valence-corrected chi connectivity index (χ1v) is 12.7. The van der Waals surface area contributed by atoms with Crippen LogP contribution in [0.25, 0.3) is 5.69 Å². The van der Waals surface area contributed by atoms with Crippen LogP contribution in [0.3, 0.4) is 0 Å². The molecule has 4 aromatic rings. The van der Waals surface area contributed by atoms with Gasteiger partial charge in [0.1, 0.15) is 4.90 Å². The molecule has 10 nitrogen and oxygen atoms in total. The average molecular weight is 485 g/mol. The normalized spacial score (nSPS) is 11.8. The number of sulfonamides is 2. The quantitative estimate of drug-likeness (QED) is 0.412. The highest BCUT2D eigenvalue weighted by Gasteiger charge is 2.22. The molecule has 33 heavy (non-hydrogen) atoms. The highest BCUT2D eigenvalue weighted by Crippen LogP contribution is 2.22. The van der Waals surface area contributed by atoms with E-state index in [2.05, 4.69) is 24.5 Å². The molecule has 0 spiro atoms. The zero-order chi connectivity index (χ0) is 23.6. The molecule has 2 aromatic heterocycles. The Kier molecular flexibility index (Phi) is 5.87. The van der Waals surface area contributed by atoms with Crippen molar-refractivity contribution in [2.75, 3.05) is 9.44 Å². The SMILES string of the molecule is Cc1ccnc(NS(=O)(=O)c2ccc(NS(=O)(=O)c3cn(-c4ccccc4)nc3C)cc2)n1. The Labute approximate surface area is 191 Å². The molecule has 0 aliphatic rings. The second-order valence-corrected chi connectivity index (χ2v) is 10.4. The molecule has 12 heteroatoms. The number of hydrogen-bond donors (Lipinski definition) is 2. The monoisotopic (exact) mass is 484 g/mol. The van der Waals surface area contributed by atoms with Crippen LogP contribution in [-0.4, -0.2) is 36.6 Å². The highest BCUT2D eigenvalue weighted by atomic mass is 32.2. The summed E-state index contributed by atoms with van der Waals surface area (Å²) in [6.45, 7) is 3.31. The molecule has 4 rings (SSSR count). The Hall–Kier alpha value is -3.77. The Morgan fingerprint density at radius 1 is 0.818 bits per heavy atom. The molecule has 170 valence electrons. The van der Waals surface area contributed by atoms with Gasteiger partial charge in [0.15, 0.2) is 0 Å². The zero-order valence-electron chi connectivity index (χ0n) is 17.7. The van der Waals surface area contributed by atoms with Crippen molar-refractivity contribution in [3.8, 4) is 5.69 Å². The van der Waals surface area contributed by atoms with Crippen molar-refractivity contribution in [3.05, 3.63) is 84.4 Å². The Bertz CT molecular complexity index is 1500. The summed E-state index contributed by atoms with van der Waals surface area (Å²) in [5.41, 5.74) is 1.86. The van der Waals surface area contributed by atoms with Gasteiger partial charge in [0.2, 0.25) is 5.95 Å². The van der Waals surface area contributed by atoms with Crippen molar-refractivity contribution in [1.82, 2.24) is 19.7 Å². The molecule has 0 fully saturated rings. The third kappa shape index (κ3) is 5.02. The van der Waals surface area contributed by atoms with Crippen LogP contribution in [0.1, 0.15) is 11.4 Å². The maximum Gasteiger partial charge on any atom is 0.265 e. The minimum Gasteiger partial charge on any atom is -0.280 e. The molecular weight excluding hydrogens is 464 g/mol. The smallest absolute Gasteiger partial charge is 0.265 e. The van der Waals surface area contributed by atoms with Crippen molar-refractivity contribution >= 4 is 31.7 Å². The van der Waals surface area contributed by atoms with Gasteiger partial charge >= 0.3 is 0 Å². The highest BCUT2D eigenvalue weighted by molar-refractivity contribution is 7.93. The Morgan fingerprint density at radius 2 is 1.52 bits per heavy atom. The predicted molar refractivity (Wildman–Crippen MR) is 123 cm³/mol. The first-order valence-electron chi connectivity index (χ1n) is 9.71.